The average molecular weight is 370 g/mol. The highest BCUT2D eigenvalue weighted by Crippen LogP contribution is 2.34. The summed E-state index contributed by atoms with van der Waals surface area (Å²) in [5, 5.41) is 22.3. The number of nitrogens with zero attached hydrogens (tertiary/aromatic N) is 2. The maximum absolute atomic E-state index is 13.0. The Labute approximate surface area is 155 Å². The highest BCUT2D eigenvalue weighted by molar-refractivity contribution is 6.10. The minimum absolute atomic E-state index is 0.181. The van der Waals surface area contributed by atoms with E-state index in [2.05, 4.69) is 0 Å². The molecule has 8 heteroatoms. The maximum Gasteiger partial charge on any atom is 0.269 e. The summed E-state index contributed by atoms with van der Waals surface area (Å²) in [5.41, 5.74) is 0.425. The molecular weight excluding hydrogens is 352 g/mol. The first-order chi connectivity index (χ1) is 12.7. The lowest BCUT2D eigenvalue weighted by atomic mass is 9.75. The first-order valence-corrected chi connectivity index (χ1v) is 8.21. The molecule has 0 heterocycles. The van der Waals surface area contributed by atoms with Crippen molar-refractivity contribution in [1.82, 2.24) is 0 Å². The fraction of sp³-hybridized carbons (Fsp3) is 0.263. The molecule has 0 saturated carbocycles. The summed E-state index contributed by atoms with van der Waals surface area (Å²) in [6, 6.07) is 12.0. The van der Waals surface area contributed by atoms with E-state index in [-0.39, 0.29) is 11.3 Å². The SMILES string of the molecule is CC(=O)C(C(=O)c1ccccc1)C(c1ccc([N+](=O)[O-])cc1)C(C)[N+](=O)[O-]. The van der Waals surface area contributed by atoms with Crippen molar-refractivity contribution in [3.8, 4) is 0 Å². The molecule has 2 aromatic carbocycles. The molecule has 3 atom stereocenters. The van der Waals surface area contributed by atoms with E-state index in [0.29, 0.717) is 5.56 Å². The molecule has 27 heavy (non-hydrogen) atoms. The lowest BCUT2D eigenvalue weighted by Gasteiger charge is -2.25. The van der Waals surface area contributed by atoms with E-state index in [4.69, 9.17) is 0 Å². The van der Waals surface area contributed by atoms with E-state index in [1.54, 1.807) is 30.3 Å². The van der Waals surface area contributed by atoms with Gasteiger partial charge in [0.2, 0.25) is 6.04 Å². The van der Waals surface area contributed by atoms with E-state index in [9.17, 15) is 29.8 Å². The summed E-state index contributed by atoms with van der Waals surface area (Å²) in [5.74, 6) is -3.33. The standard InChI is InChI=1S/C19H18N2O6/c1-12(20(24)25)17(14-8-10-16(11-9-14)21(26)27)18(13(2)22)19(23)15-6-4-3-5-7-15/h3-12,17-18H,1-2H3. The number of carbonyl (C=O) groups is 2. The molecule has 0 bridgehead atoms. The monoisotopic (exact) mass is 370 g/mol. The zero-order valence-electron chi connectivity index (χ0n) is 14.8. The molecule has 8 nitrogen and oxygen atoms in total. The van der Waals surface area contributed by atoms with Crippen molar-refractivity contribution < 1.29 is 19.4 Å². The van der Waals surface area contributed by atoms with Gasteiger partial charge in [-0.3, -0.25) is 29.8 Å². The van der Waals surface area contributed by atoms with Crippen LogP contribution in [0.25, 0.3) is 0 Å². The second-order valence-corrected chi connectivity index (χ2v) is 6.22. The van der Waals surface area contributed by atoms with Gasteiger partial charge >= 0.3 is 0 Å². The predicted octanol–water partition coefficient (Wildman–Crippen LogP) is 3.43. The second-order valence-electron chi connectivity index (χ2n) is 6.22. The van der Waals surface area contributed by atoms with Crippen molar-refractivity contribution in [2.24, 2.45) is 5.92 Å². The smallest absolute Gasteiger partial charge is 0.269 e. The molecular formula is C19H18N2O6. The Hall–Kier alpha value is -3.42. The van der Waals surface area contributed by atoms with Crippen LogP contribution in [0.4, 0.5) is 5.69 Å². The average Bonchev–Trinajstić information content (AvgIpc) is 2.65. The summed E-state index contributed by atoms with van der Waals surface area (Å²) >= 11 is 0. The molecule has 0 saturated heterocycles. The number of hydrogen-bond acceptors (Lipinski definition) is 6. The highest BCUT2D eigenvalue weighted by Gasteiger charge is 2.42. The van der Waals surface area contributed by atoms with Crippen LogP contribution >= 0.6 is 0 Å². The minimum Gasteiger partial charge on any atom is -0.299 e. The number of benzene rings is 2. The summed E-state index contributed by atoms with van der Waals surface area (Å²) in [6.45, 7) is 2.54. The molecule has 2 rings (SSSR count). The molecule has 0 aliphatic carbocycles. The van der Waals surface area contributed by atoms with Crippen LogP contribution in [0, 0.1) is 26.1 Å². The highest BCUT2D eigenvalue weighted by atomic mass is 16.6. The van der Waals surface area contributed by atoms with Gasteiger partial charge in [0.15, 0.2) is 5.78 Å². The van der Waals surface area contributed by atoms with Crippen molar-refractivity contribution >= 4 is 17.3 Å². The van der Waals surface area contributed by atoms with Crippen LogP contribution in [0.3, 0.4) is 0 Å². The minimum atomic E-state index is -1.27. The Morgan fingerprint density at radius 1 is 0.926 bits per heavy atom. The number of rotatable bonds is 8. The number of nitro groups is 2. The van der Waals surface area contributed by atoms with Crippen molar-refractivity contribution in [1.29, 1.82) is 0 Å². The summed E-state index contributed by atoms with van der Waals surface area (Å²) in [6.07, 6.45) is 0. The van der Waals surface area contributed by atoms with Gasteiger partial charge in [-0.25, -0.2) is 0 Å². The zero-order chi connectivity index (χ0) is 20.1. The van der Waals surface area contributed by atoms with Crippen molar-refractivity contribution in [2.75, 3.05) is 0 Å². The van der Waals surface area contributed by atoms with Gasteiger partial charge in [0.25, 0.3) is 5.69 Å². The molecule has 0 aromatic heterocycles. The molecule has 0 spiro atoms. The van der Waals surface area contributed by atoms with Crippen molar-refractivity contribution in [2.45, 2.75) is 25.8 Å². The molecule has 0 N–H and O–H groups in total. The largest absolute Gasteiger partial charge is 0.299 e. The van der Waals surface area contributed by atoms with Gasteiger partial charge in [-0.1, -0.05) is 42.5 Å². The molecule has 0 radical (unpaired) electrons. The Bertz CT molecular complexity index is 864. The van der Waals surface area contributed by atoms with Gasteiger partial charge < -0.3 is 0 Å². The Morgan fingerprint density at radius 2 is 1.48 bits per heavy atom. The van der Waals surface area contributed by atoms with Crippen LogP contribution in [-0.4, -0.2) is 27.5 Å². The third-order valence-corrected chi connectivity index (χ3v) is 4.48. The van der Waals surface area contributed by atoms with Crippen LogP contribution in [0.15, 0.2) is 54.6 Å². The van der Waals surface area contributed by atoms with Gasteiger partial charge in [0.05, 0.1) is 16.8 Å². The van der Waals surface area contributed by atoms with Crippen molar-refractivity contribution in [3.05, 3.63) is 86.0 Å². The molecule has 0 amide bonds. The molecule has 3 unspecified atom stereocenters. The number of nitro benzene ring substituents is 1. The van der Waals surface area contributed by atoms with Crippen LogP contribution in [0.2, 0.25) is 0 Å². The van der Waals surface area contributed by atoms with Crippen LogP contribution in [0.1, 0.15) is 35.7 Å². The van der Waals surface area contributed by atoms with Crippen LogP contribution in [-0.2, 0) is 4.79 Å². The lowest BCUT2D eigenvalue weighted by Crippen LogP contribution is -2.37. The quantitative estimate of drug-likeness (QED) is 0.304. The van der Waals surface area contributed by atoms with Gasteiger partial charge in [0.1, 0.15) is 5.78 Å². The van der Waals surface area contributed by atoms with E-state index >= 15 is 0 Å². The third kappa shape index (κ3) is 4.41. The fourth-order valence-electron chi connectivity index (χ4n) is 3.08. The number of ketones is 2. The third-order valence-electron chi connectivity index (χ3n) is 4.48. The number of carbonyl (C=O) groups excluding carboxylic acids is 2. The van der Waals surface area contributed by atoms with E-state index in [1.807, 2.05) is 0 Å². The molecule has 2 aromatic rings. The zero-order valence-corrected chi connectivity index (χ0v) is 14.8. The molecule has 140 valence electrons. The lowest BCUT2D eigenvalue weighted by molar-refractivity contribution is -0.523. The van der Waals surface area contributed by atoms with Gasteiger partial charge in [0, 0.05) is 29.5 Å². The molecule has 0 aliphatic rings. The van der Waals surface area contributed by atoms with E-state index in [1.165, 1.54) is 38.1 Å². The van der Waals surface area contributed by atoms with Crippen LogP contribution in [0.5, 0.6) is 0 Å². The second kappa shape index (κ2) is 8.31. The predicted molar refractivity (Wildman–Crippen MR) is 97.2 cm³/mol. The Morgan fingerprint density at radius 3 is 1.93 bits per heavy atom. The fourth-order valence-corrected chi connectivity index (χ4v) is 3.08. The number of hydrogen-bond donors (Lipinski definition) is 0. The van der Waals surface area contributed by atoms with Crippen LogP contribution < -0.4 is 0 Å². The van der Waals surface area contributed by atoms with Crippen molar-refractivity contribution in [3.63, 3.8) is 0 Å². The first kappa shape index (κ1) is 19.9. The summed E-state index contributed by atoms with van der Waals surface area (Å²) in [7, 11) is 0. The van der Waals surface area contributed by atoms with Gasteiger partial charge in [-0.15, -0.1) is 0 Å². The van der Waals surface area contributed by atoms with Gasteiger partial charge in [-0.05, 0) is 12.5 Å². The maximum atomic E-state index is 13.0. The Balaban J connectivity index is 2.55. The first-order valence-electron chi connectivity index (χ1n) is 8.21. The topological polar surface area (TPSA) is 120 Å². The van der Waals surface area contributed by atoms with E-state index < -0.39 is 39.3 Å². The molecule has 0 aliphatic heterocycles. The number of non-ortho nitro benzene ring substituents is 1. The van der Waals surface area contributed by atoms with Gasteiger partial charge in [-0.2, -0.15) is 0 Å². The molecule has 0 fully saturated rings. The normalized spacial score (nSPS) is 14.0. The Kier molecular flexibility index (Phi) is 6.12. The summed E-state index contributed by atoms with van der Waals surface area (Å²) in [4.78, 5) is 46.4. The number of Topliss-reactive ketones (excluding diaryl/α,β-unsaturated/α-hetero) is 2. The van der Waals surface area contributed by atoms with E-state index in [0.717, 1.165) is 0 Å². The summed E-state index contributed by atoms with van der Waals surface area (Å²) < 4.78 is 0.